The molecular formula is C9H11NO2. The van der Waals surface area contributed by atoms with E-state index in [1.165, 1.54) is 13.1 Å². The molecule has 1 rings (SSSR count). The van der Waals surface area contributed by atoms with Crippen LogP contribution in [0.5, 0.6) is 0 Å². The van der Waals surface area contributed by atoms with Crippen molar-refractivity contribution in [1.82, 2.24) is 5.32 Å². The number of amides is 1. The molecule has 64 valence electrons. The number of Topliss-reactive ketones (excluding diaryl/α,β-unsaturated/α-hetero) is 1. The molecule has 0 spiro atoms. The highest BCUT2D eigenvalue weighted by atomic mass is 16.2. The fourth-order valence-electron chi connectivity index (χ4n) is 1.22. The van der Waals surface area contributed by atoms with Crippen molar-refractivity contribution >= 4 is 11.7 Å². The van der Waals surface area contributed by atoms with Gasteiger partial charge in [-0.05, 0) is 19.9 Å². The third kappa shape index (κ3) is 1.61. The standard InChI is InChI=1S/C9H11NO2/c1-6-4-3-5-10-9(12)8(6)7(2)11/h3-5,8H,1-2H3,(H,10,12). The summed E-state index contributed by atoms with van der Waals surface area (Å²) in [5.74, 6) is -0.977. The van der Waals surface area contributed by atoms with Gasteiger partial charge in [-0.3, -0.25) is 9.59 Å². The Labute approximate surface area is 71.1 Å². The summed E-state index contributed by atoms with van der Waals surface area (Å²) >= 11 is 0. The molecule has 1 N–H and O–H groups in total. The van der Waals surface area contributed by atoms with E-state index in [1.54, 1.807) is 19.1 Å². The summed E-state index contributed by atoms with van der Waals surface area (Å²) in [5, 5.41) is 2.51. The molecular weight excluding hydrogens is 154 g/mol. The van der Waals surface area contributed by atoms with Gasteiger partial charge in [0.25, 0.3) is 0 Å². The van der Waals surface area contributed by atoms with Gasteiger partial charge in [-0.15, -0.1) is 0 Å². The van der Waals surface area contributed by atoms with Gasteiger partial charge in [0.1, 0.15) is 11.7 Å². The van der Waals surface area contributed by atoms with Crippen LogP contribution in [-0.2, 0) is 9.59 Å². The molecule has 0 fully saturated rings. The predicted octanol–water partition coefficient (Wildman–Crippen LogP) is 0.781. The SMILES string of the molecule is CC(=O)C1C(=O)NC=CC=C1C. The largest absolute Gasteiger partial charge is 0.332 e. The van der Waals surface area contributed by atoms with Crippen molar-refractivity contribution in [3.8, 4) is 0 Å². The number of ketones is 1. The van der Waals surface area contributed by atoms with Crippen molar-refractivity contribution in [2.75, 3.05) is 0 Å². The maximum Gasteiger partial charge on any atom is 0.238 e. The summed E-state index contributed by atoms with van der Waals surface area (Å²) in [7, 11) is 0. The molecule has 1 heterocycles. The number of nitrogens with one attached hydrogen (secondary N) is 1. The van der Waals surface area contributed by atoms with E-state index in [1.807, 2.05) is 0 Å². The Morgan fingerprint density at radius 1 is 1.58 bits per heavy atom. The van der Waals surface area contributed by atoms with Crippen LogP contribution in [-0.4, -0.2) is 11.7 Å². The molecule has 0 radical (unpaired) electrons. The Kier molecular flexibility index (Phi) is 2.43. The average molecular weight is 165 g/mol. The van der Waals surface area contributed by atoms with Crippen molar-refractivity contribution in [2.45, 2.75) is 13.8 Å². The first kappa shape index (κ1) is 8.71. The van der Waals surface area contributed by atoms with E-state index in [4.69, 9.17) is 0 Å². The van der Waals surface area contributed by atoms with Gasteiger partial charge in [-0.2, -0.15) is 0 Å². The molecule has 1 unspecified atom stereocenters. The molecule has 3 nitrogen and oxygen atoms in total. The van der Waals surface area contributed by atoms with Crippen LogP contribution in [0.3, 0.4) is 0 Å². The molecule has 0 aliphatic carbocycles. The Morgan fingerprint density at radius 3 is 2.83 bits per heavy atom. The van der Waals surface area contributed by atoms with Crippen molar-refractivity contribution in [3.63, 3.8) is 0 Å². The van der Waals surface area contributed by atoms with Crippen LogP contribution in [0.1, 0.15) is 13.8 Å². The van der Waals surface area contributed by atoms with E-state index in [2.05, 4.69) is 5.32 Å². The second kappa shape index (κ2) is 3.34. The number of allylic oxidation sites excluding steroid dienone is 2. The number of carbonyl (C=O) groups is 2. The minimum Gasteiger partial charge on any atom is -0.332 e. The molecule has 0 aromatic heterocycles. The lowest BCUT2D eigenvalue weighted by Gasteiger charge is -2.10. The van der Waals surface area contributed by atoms with Crippen LogP contribution >= 0.6 is 0 Å². The highest BCUT2D eigenvalue weighted by Gasteiger charge is 2.24. The molecule has 0 saturated heterocycles. The van der Waals surface area contributed by atoms with E-state index in [0.29, 0.717) is 0 Å². The van der Waals surface area contributed by atoms with Crippen LogP contribution < -0.4 is 5.32 Å². The summed E-state index contributed by atoms with van der Waals surface area (Å²) in [6.45, 7) is 3.20. The maximum atomic E-state index is 11.2. The quantitative estimate of drug-likeness (QED) is 0.583. The molecule has 12 heavy (non-hydrogen) atoms. The van der Waals surface area contributed by atoms with Crippen molar-refractivity contribution in [2.24, 2.45) is 5.92 Å². The van der Waals surface area contributed by atoms with E-state index in [9.17, 15) is 9.59 Å². The third-order valence-corrected chi connectivity index (χ3v) is 1.80. The molecule has 1 aliphatic rings. The second-order valence-electron chi connectivity index (χ2n) is 2.82. The van der Waals surface area contributed by atoms with Crippen LogP contribution in [0.25, 0.3) is 0 Å². The van der Waals surface area contributed by atoms with Crippen LogP contribution in [0.4, 0.5) is 0 Å². The van der Waals surface area contributed by atoms with Crippen LogP contribution in [0.2, 0.25) is 0 Å². The van der Waals surface area contributed by atoms with Gasteiger partial charge in [0, 0.05) is 6.20 Å². The number of hydrogen-bond acceptors (Lipinski definition) is 2. The highest BCUT2D eigenvalue weighted by Crippen LogP contribution is 2.13. The normalized spacial score (nSPS) is 22.7. The summed E-state index contributed by atoms with van der Waals surface area (Å²) in [6.07, 6.45) is 5.02. The molecule has 1 aliphatic heterocycles. The fourth-order valence-corrected chi connectivity index (χ4v) is 1.22. The Balaban J connectivity index is 2.96. The van der Waals surface area contributed by atoms with Crippen LogP contribution in [0, 0.1) is 5.92 Å². The molecule has 0 aromatic rings. The van der Waals surface area contributed by atoms with Crippen molar-refractivity contribution in [1.29, 1.82) is 0 Å². The molecule has 0 bridgehead atoms. The third-order valence-electron chi connectivity index (χ3n) is 1.80. The summed E-state index contributed by atoms with van der Waals surface area (Å²) < 4.78 is 0. The molecule has 1 amide bonds. The lowest BCUT2D eigenvalue weighted by molar-refractivity contribution is -0.130. The van der Waals surface area contributed by atoms with Gasteiger partial charge in [0.05, 0.1) is 0 Å². The van der Waals surface area contributed by atoms with E-state index in [-0.39, 0.29) is 11.7 Å². The van der Waals surface area contributed by atoms with Gasteiger partial charge in [-0.1, -0.05) is 11.6 Å². The van der Waals surface area contributed by atoms with E-state index >= 15 is 0 Å². The lowest BCUT2D eigenvalue weighted by Crippen LogP contribution is -2.31. The van der Waals surface area contributed by atoms with E-state index < -0.39 is 5.92 Å². The maximum absolute atomic E-state index is 11.2. The minimum absolute atomic E-state index is 0.120. The van der Waals surface area contributed by atoms with Crippen molar-refractivity contribution in [3.05, 3.63) is 23.9 Å². The number of hydrogen-bond donors (Lipinski definition) is 1. The molecule has 0 aromatic carbocycles. The number of carbonyl (C=O) groups excluding carboxylic acids is 2. The zero-order chi connectivity index (χ0) is 9.14. The Bertz CT molecular complexity index is 276. The van der Waals surface area contributed by atoms with Crippen LogP contribution in [0.15, 0.2) is 23.9 Å². The number of rotatable bonds is 1. The fraction of sp³-hybridized carbons (Fsp3) is 0.333. The second-order valence-corrected chi connectivity index (χ2v) is 2.82. The van der Waals surface area contributed by atoms with Gasteiger partial charge >= 0.3 is 0 Å². The van der Waals surface area contributed by atoms with E-state index in [0.717, 1.165) is 5.57 Å². The summed E-state index contributed by atoms with van der Waals surface area (Å²) in [4.78, 5) is 22.3. The molecule has 3 heteroatoms. The van der Waals surface area contributed by atoms with Gasteiger partial charge < -0.3 is 5.32 Å². The van der Waals surface area contributed by atoms with Crippen molar-refractivity contribution < 1.29 is 9.59 Å². The first-order valence-electron chi connectivity index (χ1n) is 3.77. The first-order valence-corrected chi connectivity index (χ1v) is 3.77. The zero-order valence-electron chi connectivity index (χ0n) is 7.13. The first-order chi connectivity index (χ1) is 5.63. The summed E-state index contributed by atoms with van der Waals surface area (Å²) in [6, 6.07) is 0. The highest BCUT2D eigenvalue weighted by molar-refractivity contribution is 6.03. The van der Waals surface area contributed by atoms with Gasteiger partial charge in [-0.25, -0.2) is 0 Å². The average Bonchev–Trinajstić information content (AvgIpc) is 2.11. The Hall–Kier alpha value is -1.38. The molecule has 0 saturated carbocycles. The Morgan fingerprint density at radius 2 is 2.25 bits per heavy atom. The summed E-state index contributed by atoms with van der Waals surface area (Å²) in [5.41, 5.74) is 0.786. The smallest absolute Gasteiger partial charge is 0.238 e. The minimum atomic E-state index is -0.611. The monoisotopic (exact) mass is 165 g/mol. The molecule has 1 atom stereocenters. The lowest BCUT2D eigenvalue weighted by atomic mass is 9.96. The van der Waals surface area contributed by atoms with Gasteiger partial charge in [0.2, 0.25) is 5.91 Å². The zero-order valence-corrected chi connectivity index (χ0v) is 7.13. The topological polar surface area (TPSA) is 46.2 Å². The predicted molar refractivity (Wildman–Crippen MR) is 45.2 cm³/mol. The van der Waals surface area contributed by atoms with Gasteiger partial charge in [0.15, 0.2) is 0 Å².